The van der Waals surface area contributed by atoms with Crippen molar-refractivity contribution in [3.05, 3.63) is 29.8 Å². The minimum absolute atomic E-state index is 0.0111. The van der Waals surface area contributed by atoms with Crippen molar-refractivity contribution in [3.8, 4) is 0 Å². The SMILES string of the molecule is NCC(C(=O)O)c1cccc(N2CCNCC2=O)c1. The number of nitrogens with one attached hydrogen (secondary N) is 1. The van der Waals surface area contributed by atoms with Crippen molar-refractivity contribution in [2.24, 2.45) is 5.73 Å². The molecule has 4 N–H and O–H groups in total. The lowest BCUT2D eigenvalue weighted by atomic mass is 9.98. The molecule has 1 aliphatic heterocycles. The zero-order valence-corrected chi connectivity index (χ0v) is 10.5. The molecule has 1 unspecified atom stereocenters. The van der Waals surface area contributed by atoms with Gasteiger partial charge < -0.3 is 21.1 Å². The Labute approximate surface area is 111 Å². The molecule has 102 valence electrons. The molecule has 0 aliphatic carbocycles. The van der Waals surface area contributed by atoms with E-state index < -0.39 is 11.9 Å². The van der Waals surface area contributed by atoms with Gasteiger partial charge in [0.1, 0.15) is 0 Å². The fourth-order valence-electron chi connectivity index (χ4n) is 2.17. The summed E-state index contributed by atoms with van der Waals surface area (Å²) in [7, 11) is 0. The van der Waals surface area contributed by atoms with Crippen LogP contribution in [0.2, 0.25) is 0 Å². The molecule has 1 fully saturated rings. The maximum absolute atomic E-state index is 11.8. The molecule has 1 aromatic carbocycles. The van der Waals surface area contributed by atoms with Crippen molar-refractivity contribution in [3.63, 3.8) is 0 Å². The summed E-state index contributed by atoms with van der Waals surface area (Å²) in [6, 6.07) is 7.02. The molecule has 1 aromatic rings. The van der Waals surface area contributed by atoms with E-state index in [-0.39, 0.29) is 12.5 Å². The molecule has 0 saturated carbocycles. The molecule has 1 atom stereocenters. The number of hydrogen-bond acceptors (Lipinski definition) is 4. The van der Waals surface area contributed by atoms with Crippen molar-refractivity contribution in [1.82, 2.24) is 5.32 Å². The molecule has 0 aromatic heterocycles. The first kappa shape index (κ1) is 13.5. The number of piperazine rings is 1. The van der Waals surface area contributed by atoms with Gasteiger partial charge in [0.25, 0.3) is 0 Å². The second-order valence-electron chi connectivity index (χ2n) is 4.44. The summed E-state index contributed by atoms with van der Waals surface area (Å²) in [6.07, 6.45) is 0. The highest BCUT2D eigenvalue weighted by molar-refractivity contribution is 5.95. The molecule has 2 rings (SSSR count). The second kappa shape index (κ2) is 5.81. The van der Waals surface area contributed by atoms with Gasteiger partial charge in [0.05, 0.1) is 12.5 Å². The number of benzene rings is 1. The Morgan fingerprint density at radius 3 is 2.95 bits per heavy atom. The molecule has 1 saturated heterocycles. The van der Waals surface area contributed by atoms with Crippen LogP contribution < -0.4 is 16.0 Å². The maximum atomic E-state index is 11.8. The van der Waals surface area contributed by atoms with Gasteiger partial charge in [-0.2, -0.15) is 0 Å². The lowest BCUT2D eigenvalue weighted by molar-refractivity contribution is -0.138. The first-order chi connectivity index (χ1) is 9.13. The summed E-state index contributed by atoms with van der Waals surface area (Å²) in [5, 5.41) is 12.1. The van der Waals surface area contributed by atoms with E-state index in [1.54, 1.807) is 23.1 Å². The van der Waals surface area contributed by atoms with E-state index in [2.05, 4.69) is 5.32 Å². The van der Waals surface area contributed by atoms with Crippen LogP contribution >= 0.6 is 0 Å². The number of hydrogen-bond donors (Lipinski definition) is 3. The van der Waals surface area contributed by atoms with Crippen LogP contribution in [0.5, 0.6) is 0 Å². The predicted molar refractivity (Wildman–Crippen MR) is 71.1 cm³/mol. The van der Waals surface area contributed by atoms with Crippen molar-refractivity contribution in [1.29, 1.82) is 0 Å². The van der Waals surface area contributed by atoms with Crippen LogP contribution in [0.15, 0.2) is 24.3 Å². The Bertz CT molecular complexity index is 490. The molecule has 0 radical (unpaired) electrons. The molecule has 6 heteroatoms. The van der Waals surface area contributed by atoms with Gasteiger partial charge in [-0.05, 0) is 17.7 Å². The third kappa shape index (κ3) is 2.91. The fraction of sp³-hybridized carbons (Fsp3) is 0.385. The molecule has 0 spiro atoms. The molecular formula is C13H17N3O3. The van der Waals surface area contributed by atoms with Gasteiger partial charge in [0.2, 0.25) is 5.91 Å². The van der Waals surface area contributed by atoms with Crippen LogP contribution in [-0.4, -0.2) is 43.2 Å². The fourth-order valence-corrected chi connectivity index (χ4v) is 2.17. The highest BCUT2D eigenvalue weighted by Crippen LogP contribution is 2.22. The number of carbonyl (C=O) groups excluding carboxylic acids is 1. The van der Waals surface area contributed by atoms with Crippen LogP contribution in [-0.2, 0) is 9.59 Å². The number of nitrogens with two attached hydrogens (primary N) is 1. The number of aliphatic carboxylic acids is 1. The van der Waals surface area contributed by atoms with E-state index in [0.717, 1.165) is 12.2 Å². The Kier molecular flexibility index (Phi) is 4.13. The molecule has 19 heavy (non-hydrogen) atoms. The van der Waals surface area contributed by atoms with E-state index in [1.807, 2.05) is 6.07 Å². The summed E-state index contributed by atoms with van der Waals surface area (Å²) in [6.45, 7) is 1.66. The smallest absolute Gasteiger partial charge is 0.312 e. The van der Waals surface area contributed by atoms with E-state index in [9.17, 15) is 9.59 Å². The van der Waals surface area contributed by atoms with Gasteiger partial charge in [0, 0.05) is 25.3 Å². The number of carboxylic acid groups (broad SMARTS) is 1. The molecule has 1 amide bonds. The molecule has 1 aliphatic rings. The van der Waals surface area contributed by atoms with Gasteiger partial charge in [-0.25, -0.2) is 0 Å². The molecule has 1 heterocycles. The lowest BCUT2D eigenvalue weighted by Crippen LogP contribution is -2.48. The third-order valence-corrected chi connectivity index (χ3v) is 3.21. The molecule has 0 bridgehead atoms. The summed E-state index contributed by atoms with van der Waals surface area (Å²) >= 11 is 0. The van der Waals surface area contributed by atoms with Crippen molar-refractivity contribution < 1.29 is 14.7 Å². The van der Waals surface area contributed by atoms with Gasteiger partial charge in [-0.15, -0.1) is 0 Å². The van der Waals surface area contributed by atoms with Gasteiger partial charge in [-0.1, -0.05) is 12.1 Å². The van der Waals surface area contributed by atoms with Crippen molar-refractivity contribution in [2.75, 3.05) is 31.1 Å². The highest BCUT2D eigenvalue weighted by Gasteiger charge is 2.22. The number of amides is 1. The largest absolute Gasteiger partial charge is 0.481 e. The average molecular weight is 263 g/mol. The number of carbonyl (C=O) groups is 2. The zero-order chi connectivity index (χ0) is 13.8. The average Bonchev–Trinajstić information content (AvgIpc) is 2.40. The number of rotatable bonds is 4. The number of anilines is 1. The monoisotopic (exact) mass is 263 g/mol. The van der Waals surface area contributed by atoms with Gasteiger partial charge in [0.15, 0.2) is 0 Å². The predicted octanol–water partition coefficient (Wildman–Crippen LogP) is -0.250. The van der Waals surface area contributed by atoms with Gasteiger partial charge in [-0.3, -0.25) is 9.59 Å². The van der Waals surface area contributed by atoms with E-state index in [1.165, 1.54) is 0 Å². The van der Waals surface area contributed by atoms with Crippen molar-refractivity contribution in [2.45, 2.75) is 5.92 Å². The summed E-state index contributed by atoms with van der Waals surface area (Å²) in [5.41, 5.74) is 6.84. The quantitative estimate of drug-likeness (QED) is 0.696. The van der Waals surface area contributed by atoms with Crippen LogP contribution in [0.4, 0.5) is 5.69 Å². The first-order valence-corrected chi connectivity index (χ1v) is 6.17. The normalized spacial score (nSPS) is 17.3. The lowest BCUT2D eigenvalue weighted by Gasteiger charge is -2.28. The molecular weight excluding hydrogens is 246 g/mol. The Balaban J connectivity index is 2.28. The third-order valence-electron chi connectivity index (χ3n) is 3.21. The summed E-state index contributed by atoms with van der Waals surface area (Å²) in [5.74, 6) is -1.70. The van der Waals surface area contributed by atoms with Gasteiger partial charge >= 0.3 is 5.97 Å². The minimum Gasteiger partial charge on any atom is -0.481 e. The summed E-state index contributed by atoms with van der Waals surface area (Å²) < 4.78 is 0. The topological polar surface area (TPSA) is 95.7 Å². The van der Waals surface area contributed by atoms with Crippen LogP contribution in [0, 0.1) is 0 Å². The first-order valence-electron chi connectivity index (χ1n) is 6.17. The van der Waals surface area contributed by atoms with Crippen molar-refractivity contribution >= 4 is 17.6 Å². The Morgan fingerprint density at radius 1 is 1.53 bits per heavy atom. The highest BCUT2D eigenvalue weighted by atomic mass is 16.4. The standard InChI is InChI=1S/C13H17N3O3/c14-7-11(13(18)19)9-2-1-3-10(6-9)16-5-4-15-8-12(16)17/h1-3,6,11,15H,4-5,7-8,14H2,(H,18,19). The second-order valence-corrected chi connectivity index (χ2v) is 4.44. The Morgan fingerprint density at radius 2 is 2.32 bits per heavy atom. The van der Waals surface area contributed by atoms with E-state index in [4.69, 9.17) is 10.8 Å². The summed E-state index contributed by atoms with van der Waals surface area (Å²) in [4.78, 5) is 24.6. The number of carboxylic acids is 1. The van der Waals surface area contributed by atoms with Crippen LogP contribution in [0.1, 0.15) is 11.5 Å². The zero-order valence-electron chi connectivity index (χ0n) is 10.5. The van der Waals surface area contributed by atoms with E-state index >= 15 is 0 Å². The maximum Gasteiger partial charge on any atom is 0.312 e. The number of nitrogens with zero attached hydrogens (tertiary/aromatic N) is 1. The Hall–Kier alpha value is -1.92. The van der Waals surface area contributed by atoms with E-state index in [0.29, 0.717) is 18.7 Å². The van der Waals surface area contributed by atoms with Crippen LogP contribution in [0.25, 0.3) is 0 Å². The minimum atomic E-state index is -0.953. The van der Waals surface area contributed by atoms with Crippen LogP contribution in [0.3, 0.4) is 0 Å². The molecule has 6 nitrogen and oxygen atoms in total.